The Kier molecular flexibility index (Phi) is 7.08. The first-order valence-electron chi connectivity index (χ1n) is 8.62. The van der Waals surface area contributed by atoms with E-state index in [1.807, 2.05) is 45.2 Å². The molecule has 5 nitrogen and oxygen atoms in total. The van der Waals surface area contributed by atoms with E-state index in [1.165, 1.54) is 12.6 Å². The minimum atomic E-state index is -3.71. The van der Waals surface area contributed by atoms with Crippen LogP contribution in [0.2, 0.25) is 0 Å². The van der Waals surface area contributed by atoms with Crippen LogP contribution in [0.15, 0.2) is 52.3 Å². The van der Waals surface area contributed by atoms with Crippen LogP contribution in [0, 0.1) is 13.8 Å². The second-order valence-electron chi connectivity index (χ2n) is 6.57. The van der Waals surface area contributed by atoms with Crippen molar-refractivity contribution in [1.29, 1.82) is 0 Å². The zero-order valence-corrected chi connectivity index (χ0v) is 17.9. The van der Waals surface area contributed by atoms with Crippen molar-refractivity contribution in [2.45, 2.75) is 36.6 Å². The Morgan fingerprint density at radius 2 is 1.74 bits per heavy atom. The molecule has 2 rings (SSSR count). The molecule has 0 heterocycles. The fraction of sp³-hybridized carbons (Fsp3) is 0.350. The maximum Gasteiger partial charge on any atom is 0.243 e. The normalized spacial score (nSPS) is 12.8. The molecule has 0 bridgehead atoms. The number of sulfonamides is 1. The van der Waals surface area contributed by atoms with E-state index < -0.39 is 10.0 Å². The van der Waals surface area contributed by atoms with Gasteiger partial charge >= 0.3 is 0 Å². The summed E-state index contributed by atoms with van der Waals surface area (Å²) in [5.74, 6) is -0.340. The summed E-state index contributed by atoms with van der Waals surface area (Å²) in [6, 6.07) is 12.5. The molecule has 0 radical (unpaired) electrons. The van der Waals surface area contributed by atoms with E-state index in [2.05, 4.69) is 5.32 Å². The number of hydrogen-bond acceptors (Lipinski definition) is 4. The predicted octanol–water partition coefficient (Wildman–Crippen LogP) is 3.52. The first-order valence-corrected chi connectivity index (χ1v) is 11.3. The van der Waals surface area contributed by atoms with E-state index >= 15 is 0 Å². The fourth-order valence-corrected chi connectivity index (χ4v) is 4.15. The number of carbonyl (C=O) groups excluding carboxylic acids is 1. The lowest BCUT2D eigenvalue weighted by Gasteiger charge is -2.20. The Bertz CT molecular complexity index is 909. The van der Waals surface area contributed by atoms with Crippen LogP contribution in [0.25, 0.3) is 0 Å². The molecule has 0 saturated carbocycles. The molecule has 2 aromatic rings. The van der Waals surface area contributed by atoms with Crippen molar-refractivity contribution in [2.75, 3.05) is 19.8 Å². The van der Waals surface area contributed by atoms with E-state index in [0.29, 0.717) is 0 Å². The maximum absolute atomic E-state index is 12.6. The van der Waals surface area contributed by atoms with Crippen LogP contribution in [0.5, 0.6) is 0 Å². The zero-order valence-electron chi connectivity index (χ0n) is 16.3. The number of thioether (sulfide) groups is 1. The van der Waals surface area contributed by atoms with E-state index in [4.69, 9.17) is 0 Å². The molecule has 0 fully saturated rings. The molecule has 0 aliphatic heterocycles. The molecular weight excluding hydrogens is 380 g/mol. The highest BCUT2D eigenvalue weighted by Gasteiger charge is 2.23. The monoisotopic (exact) mass is 406 g/mol. The summed E-state index contributed by atoms with van der Waals surface area (Å²) < 4.78 is 26.4. The van der Waals surface area contributed by atoms with Gasteiger partial charge in [0.15, 0.2) is 0 Å². The third-order valence-electron chi connectivity index (χ3n) is 4.54. The highest BCUT2D eigenvalue weighted by molar-refractivity contribution is 7.98. The first-order chi connectivity index (χ1) is 12.6. The number of aryl methyl sites for hydroxylation is 2. The molecule has 0 unspecified atom stereocenters. The Morgan fingerprint density at radius 1 is 1.11 bits per heavy atom. The van der Waals surface area contributed by atoms with Crippen LogP contribution in [-0.4, -0.2) is 38.5 Å². The molecule has 0 saturated heterocycles. The van der Waals surface area contributed by atoms with Crippen molar-refractivity contribution in [1.82, 2.24) is 9.62 Å². The topological polar surface area (TPSA) is 66.5 Å². The van der Waals surface area contributed by atoms with Gasteiger partial charge in [-0.05, 0) is 68.0 Å². The van der Waals surface area contributed by atoms with Crippen LogP contribution < -0.4 is 5.32 Å². The number of likely N-dealkylation sites (N-methyl/N-ethyl adjacent to an activating group) is 1. The highest BCUT2D eigenvalue weighted by Crippen LogP contribution is 2.20. The average molecular weight is 407 g/mol. The van der Waals surface area contributed by atoms with Gasteiger partial charge in [-0.1, -0.05) is 18.2 Å². The number of carbonyl (C=O) groups is 1. The Morgan fingerprint density at radius 3 is 2.30 bits per heavy atom. The summed E-state index contributed by atoms with van der Waals surface area (Å²) in [5.41, 5.74) is 3.34. The quantitative estimate of drug-likeness (QED) is 0.715. The lowest BCUT2D eigenvalue weighted by atomic mass is 10.0. The minimum Gasteiger partial charge on any atom is -0.348 e. The van der Waals surface area contributed by atoms with Gasteiger partial charge in [0.05, 0.1) is 17.5 Å². The molecule has 1 N–H and O–H groups in total. The van der Waals surface area contributed by atoms with Gasteiger partial charge in [-0.3, -0.25) is 4.79 Å². The standard InChI is InChI=1S/C20H26N2O3S2/c1-14-6-7-17(12-15(14)2)16(3)21-20(23)13-22(4)27(24,25)19-10-8-18(26-5)9-11-19/h6-12,16H,13H2,1-5H3,(H,21,23)/t16-/m1/s1. The molecular formula is C20H26N2O3S2. The molecule has 0 spiro atoms. The smallest absolute Gasteiger partial charge is 0.243 e. The van der Waals surface area contributed by atoms with Crippen molar-refractivity contribution in [3.8, 4) is 0 Å². The molecule has 0 aromatic heterocycles. The number of benzene rings is 2. The maximum atomic E-state index is 12.6. The van der Waals surface area contributed by atoms with Gasteiger partial charge in [0, 0.05) is 11.9 Å². The molecule has 1 atom stereocenters. The summed E-state index contributed by atoms with van der Waals surface area (Å²) in [4.78, 5) is 13.5. The van der Waals surface area contributed by atoms with Crippen LogP contribution in [0.3, 0.4) is 0 Å². The van der Waals surface area contributed by atoms with Crippen molar-refractivity contribution in [3.05, 3.63) is 59.2 Å². The third kappa shape index (κ3) is 5.34. The van der Waals surface area contributed by atoms with Crippen molar-refractivity contribution < 1.29 is 13.2 Å². The summed E-state index contributed by atoms with van der Waals surface area (Å²) >= 11 is 1.54. The number of amides is 1. The second-order valence-corrected chi connectivity index (χ2v) is 9.49. The SMILES string of the molecule is CSc1ccc(S(=O)(=O)N(C)CC(=O)N[C@H](C)c2ccc(C)c(C)c2)cc1. The lowest BCUT2D eigenvalue weighted by Crippen LogP contribution is -2.39. The predicted molar refractivity (Wildman–Crippen MR) is 111 cm³/mol. The highest BCUT2D eigenvalue weighted by atomic mass is 32.2. The number of hydrogen-bond donors (Lipinski definition) is 1. The Balaban J connectivity index is 2.03. The number of rotatable bonds is 7. The van der Waals surface area contributed by atoms with Crippen LogP contribution >= 0.6 is 11.8 Å². The third-order valence-corrected chi connectivity index (χ3v) is 7.10. The van der Waals surface area contributed by atoms with Crippen LogP contribution in [0.1, 0.15) is 29.7 Å². The summed E-state index contributed by atoms with van der Waals surface area (Å²) in [7, 11) is -2.29. The molecule has 27 heavy (non-hydrogen) atoms. The van der Waals surface area contributed by atoms with Crippen molar-refractivity contribution in [3.63, 3.8) is 0 Å². The molecule has 146 valence electrons. The summed E-state index contributed by atoms with van der Waals surface area (Å²) in [5, 5.41) is 2.87. The molecule has 0 aliphatic carbocycles. The van der Waals surface area contributed by atoms with Crippen molar-refractivity contribution >= 4 is 27.7 Å². The van der Waals surface area contributed by atoms with E-state index in [1.54, 1.807) is 36.0 Å². The van der Waals surface area contributed by atoms with E-state index in [-0.39, 0.29) is 23.4 Å². The van der Waals surface area contributed by atoms with E-state index in [0.717, 1.165) is 20.3 Å². The van der Waals surface area contributed by atoms with Crippen molar-refractivity contribution in [2.24, 2.45) is 0 Å². The molecule has 1 amide bonds. The Labute approximate surface area is 166 Å². The van der Waals surface area contributed by atoms with Gasteiger partial charge in [-0.25, -0.2) is 8.42 Å². The lowest BCUT2D eigenvalue weighted by molar-refractivity contribution is -0.121. The number of nitrogens with zero attached hydrogens (tertiary/aromatic N) is 1. The average Bonchev–Trinajstić information content (AvgIpc) is 2.63. The molecule has 2 aromatic carbocycles. The van der Waals surface area contributed by atoms with Gasteiger partial charge in [-0.2, -0.15) is 4.31 Å². The Hall–Kier alpha value is -1.83. The zero-order chi connectivity index (χ0) is 20.2. The number of nitrogens with one attached hydrogen (secondary N) is 1. The molecule has 0 aliphatic rings. The summed E-state index contributed by atoms with van der Waals surface area (Å²) in [6.45, 7) is 5.71. The van der Waals surface area contributed by atoms with Gasteiger partial charge in [0.2, 0.25) is 15.9 Å². The molecule has 7 heteroatoms. The van der Waals surface area contributed by atoms with Gasteiger partial charge in [0.25, 0.3) is 0 Å². The van der Waals surface area contributed by atoms with E-state index in [9.17, 15) is 13.2 Å². The van der Waals surface area contributed by atoms with Gasteiger partial charge in [0.1, 0.15) is 0 Å². The van der Waals surface area contributed by atoms with Crippen LogP contribution in [0.4, 0.5) is 0 Å². The largest absolute Gasteiger partial charge is 0.348 e. The van der Waals surface area contributed by atoms with Gasteiger partial charge in [-0.15, -0.1) is 11.8 Å². The van der Waals surface area contributed by atoms with Gasteiger partial charge < -0.3 is 5.32 Å². The summed E-state index contributed by atoms with van der Waals surface area (Å²) in [6.07, 6.45) is 1.93. The van der Waals surface area contributed by atoms with Crippen LogP contribution in [-0.2, 0) is 14.8 Å². The minimum absolute atomic E-state index is 0.179. The second kappa shape index (κ2) is 8.91. The first kappa shape index (κ1) is 21.5. The fourth-order valence-electron chi connectivity index (χ4n) is 2.62.